The van der Waals surface area contributed by atoms with Crippen LogP contribution in [0.1, 0.15) is 6.92 Å². The molecule has 7 heteroatoms. The quantitative estimate of drug-likeness (QED) is 0.515. The van der Waals surface area contributed by atoms with Crippen molar-refractivity contribution in [2.75, 3.05) is 6.61 Å². The number of ether oxygens (including phenoxy) is 1. The largest absolute Gasteiger partial charge is 0.476 e. The number of hydrogen-bond acceptors (Lipinski definition) is 3. The Morgan fingerprint density at radius 2 is 1.92 bits per heavy atom. The Morgan fingerprint density at radius 1 is 1.50 bits per heavy atom. The maximum absolute atomic E-state index is 12.1. The fraction of sp³-hybridized carbons (Fsp3) is 0.600. The van der Waals surface area contributed by atoms with E-state index in [-0.39, 0.29) is 11.3 Å². The molecule has 72 valence electrons. The van der Waals surface area contributed by atoms with Gasteiger partial charge in [0.05, 0.1) is 6.61 Å². The maximum Gasteiger partial charge on any atom is 0.437 e. The van der Waals surface area contributed by atoms with Crippen LogP contribution in [0.3, 0.4) is 0 Å². The van der Waals surface area contributed by atoms with Crippen LogP contribution in [0.4, 0.5) is 13.5 Å². The van der Waals surface area contributed by atoms with Crippen LogP contribution in [0.2, 0.25) is 0 Å². The smallest absolute Gasteiger partial charge is 0.437 e. The van der Waals surface area contributed by atoms with E-state index < -0.39 is 17.9 Å². The fourth-order valence-corrected chi connectivity index (χ4v) is 0.309. The highest BCUT2D eigenvalue weighted by atomic mass is 19.3. The van der Waals surface area contributed by atoms with Gasteiger partial charge >= 0.3 is 17.9 Å². The summed E-state index contributed by atoms with van der Waals surface area (Å²) >= 11 is 0. The summed E-state index contributed by atoms with van der Waals surface area (Å²) in [6.45, 7) is 1.03. The van der Waals surface area contributed by atoms with E-state index in [4.69, 9.17) is 5.11 Å². The van der Waals surface area contributed by atoms with E-state index in [2.05, 4.69) is 4.74 Å². The van der Waals surface area contributed by atoms with E-state index in [1.54, 1.807) is 0 Å². The zero-order valence-electron chi connectivity index (χ0n) is 6.04. The van der Waals surface area contributed by atoms with Gasteiger partial charge in [-0.2, -0.15) is 8.78 Å². The van der Waals surface area contributed by atoms with Crippen molar-refractivity contribution in [2.45, 2.75) is 12.8 Å². The monoisotopic (exact) mass is 188 g/mol. The number of esters is 1. The van der Waals surface area contributed by atoms with E-state index in [1.165, 1.54) is 6.92 Å². The lowest BCUT2D eigenvalue weighted by Crippen LogP contribution is -2.39. The van der Waals surface area contributed by atoms with Crippen molar-refractivity contribution in [2.24, 2.45) is 0 Å². The highest BCUT2D eigenvalue weighted by Gasteiger charge is 2.49. The van der Waals surface area contributed by atoms with Gasteiger partial charge in [-0.3, -0.25) is 4.70 Å². The molecule has 0 aromatic heterocycles. The number of aliphatic carboxylic acids is 1. The van der Waals surface area contributed by atoms with Gasteiger partial charge in [0, 0.05) is 0 Å². The topological polar surface area (TPSA) is 63.6 Å². The molecule has 0 radical (unpaired) electrons. The van der Waals surface area contributed by atoms with Gasteiger partial charge in [0.1, 0.15) is 0 Å². The Bertz CT molecular complexity index is 180. The predicted molar refractivity (Wildman–Crippen MR) is 31.7 cm³/mol. The summed E-state index contributed by atoms with van der Waals surface area (Å²) in [6, 6.07) is 0. The summed E-state index contributed by atoms with van der Waals surface area (Å²) < 4.78 is 27.9. The molecule has 1 N–H and O–H groups in total. The minimum Gasteiger partial charge on any atom is -0.476 e. The van der Waals surface area contributed by atoms with Crippen molar-refractivity contribution in [1.82, 2.24) is 0 Å². The second kappa shape index (κ2) is 4.58. The molecule has 0 bridgehead atoms. The van der Waals surface area contributed by atoms with Crippen LogP contribution < -0.4 is 0 Å². The van der Waals surface area contributed by atoms with Gasteiger partial charge in [0.25, 0.3) is 0 Å². The molecule has 0 aliphatic rings. The summed E-state index contributed by atoms with van der Waals surface area (Å²) in [5.41, 5.74) is 0. The zero-order chi connectivity index (χ0) is 9.07. The first-order valence-corrected chi connectivity index (χ1v) is 2.71. The predicted octanol–water partition coefficient (Wildman–Crippen LogP) is 0.422. The molecule has 0 atom stereocenters. The van der Waals surface area contributed by atoms with Crippen LogP contribution in [-0.2, 0) is 14.3 Å². The van der Waals surface area contributed by atoms with Crippen LogP contribution in [0.25, 0.3) is 0 Å². The maximum atomic E-state index is 12.1. The molecule has 0 amide bonds. The minimum absolute atomic E-state index is 0. The Hall–Kier alpha value is -1.27. The van der Waals surface area contributed by atoms with Gasteiger partial charge < -0.3 is 9.84 Å². The van der Waals surface area contributed by atoms with E-state index in [0.717, 1.165) is 0 Å². The van der Waals surface area contributed by atoms with Crippen molar-refractivity contribution in [3.63, 3.8) is 0 Å². The van der Waals surface area contributed by atoms with Crippen LogP contribution >= 0.6 is 0 Å². The molecule has 0 aromatic rings. The Labute approximate surface area is 65.5 Å². The molecular weight excluding hydrogens is 181 g/mol. The second-order valence-corrected chi connectivity index (χ2v) is 1.60. The van der Waals surface area contributed by atoms with E-state index in [1.807, 2.05) is 0 Å². The van der Waals surface area contributed by atoms with Gasteiger partial charge in [-0.25, -0.2) is 9.59 Å². The lowest BCUT2D eigenvalue weighted by atomic mass is 10.3. The van der Waals surface area contributed by atoms with Gasteiger partial charge in [0.15, 0.2) is 0 Å². The molecule has 0 aliphatic heterocycles. The third kappa shape index (κ3) is 2.77. The van der Waals surface area contributed by atoms with E-state index >= 15 is 0 Å². The first-order valence-electron chi connectivity index (χ1n) is 2.71. The Kier molecular flexibility index (Phi) is 5.08. The third-order valence-corrected chi connectivity index (χ3v) is 0.800. The number of carbonyl (C=O) groups is 2. The van der Waals surface area contributed by atoms with Crippen molar-refractivity contribution >= 4 is 11.9 Å². The van der Waals surface area contributed by atoms with Crippen LogP contribution in [0.15, 0.2) is 0 Å². The number of carboxylic acid groups (broad SMARTS) is 1. The second-order valence-electron chi connectivity index (χ2n) is 1.60. The van der Waals surface area contributed by atoms with Gasteiger partial charge in [-0.1, -0.05) is 0 Å². The van der Waals surface area contributed by atoms with E-state index in [0.29, 0.717) is 0 Å². The molecule has 0 saturated heterocycles. The van der Waals surface area contributed by atoms with Crippen LogP contribution in [0, 0.1) is 0 Å². The number of alkyl halides is 2. The first kappa shape index (κ1) is 13.3. The summed E-state index contributed by atoms with van der Waals surface area (Å²) in [6.07, 6.45) is 0. The molecule has 0 saturated carbocycles. The Balaban J connectivity index is 0. The number of halogens is 3. The SMILES string of the molecule is CCOC(=O)C(F)(F)C(=O)O.F. The zero-order valence-corrected chi connectivity index (χ0v) is 6.04. The highest BCUT2D eigenvalue weighted by Crippen LogP contribution is 2.15. The normalized spacial score (nSPS) is 9.92. The summed E-state index contributed by atoms with van der Waals surface area (Å²) in [4.78, 5) is 19.8. The van der Waals surface area contributed by atoms with Crippen LogP contribution in [-0.4, -0.2) is 29.6 Å². The molecule has 0 rings (SSSR count). The van der Waals surface area contributed by atoms with E-state index in [9.17, 15) is 18.4 Å². The molecule has 0 unspecified atom stereocenters. The van der Waals surface area contributed by atoms with Crippen molar-refractivity contribution in [1.29, 1.82) is 0 Å². The minimum atomic E-state index is -4.43. The van der Waals surface area contributed by atoms with Gasteiger partial charge in [0.2, 0.25) is 0 Å². The van der Waals surface area contributed by atoms with Gasteiger partial charge in [-0.15, -0.1) is 0 Å². The molecular formula is C5H7F3O4. The average Bonchev–Trinajstić information content (AvgIpc) is 1.88. The number of hydrogen-bond donors (Lipinski definition) is 1. The molecule has 4 nitrogen and oxygen atoms in total. The standard InChI is InChI=1S/C5H6F2O4.FH/c1-2-11-4(10)5(6,7)3(8)9;/h2H2,1H3,(H,8,9);1H. The number of rotatable bonds is 3. The molecule has 0 spiro atoms. The third-order valence-electron chi connectivity index (χ3n) is 0.800. The summed E-state index contributed by atoms with van der Waals surface area (Å²) in [7, 11) is 0. The lowest BCUT2D eigenvalue weighted by molar-refractivity contribution is -0.186. The van der Waals surface area contributed by atoms with Gasteiger partial charge in [-0.05, 0) is 6.92 Å². The molecule has 12 heavy (non-hydrogen) atoms. The first-order chi connectivity index (χ1) is 4.92. The number of carbonyl (C=O) groups excluding carboxylic acids is 1. The average molecular weight is 188 g/mol. The van der Waals surface area contributed by atoms with Crippen LogP contribution in [0.5, 0.6) is 0 Å². The summed E-state index contributed by atoms with van der Waals surface area (Å²) in [5, 5.41) is 7.79. The Morgan fingerprint density at radius 3 is 2.17 bits per heavy atom. The highest BCUT2D eigenvalue weighted by molar-refractivity contribution is 6.00. The molecule has 0 heterocycles. The lowest BCUT2D eigenvalue weighted by Gasteiger charge is -2.08. The molecule has 0 aliphatic carbocycles. The summed E-state index contributed by atoms with van der Waals surface area (Å²) in [5.74, 6) is -8.97. The molecule has 0 fully saturated rings. The molecule has 0 aromatic carbocycles. The number of carboxylic acids is 1. The van der Waals surface area contributed by atoms with Crippen molar-refractivity contribution in [3.05, 3.63) is 0 Å². The van der Waals surface area contributed by atoms with Crippen molar-refractivity contribution < 1.29 is 32.9 Å². The fourth-order valence-electron chi connectivity index (χ4n) is 0.309. The van der Waals surface area contributed by atoms with Crippen molar-refractivity contribution in [3.8, 4) is 0 Å².